The van der Waals surface area contributed by atoms with E-state index in [0.29, 0.717) is 42.9 Å². The topological polar surface area (TPSA) is 92.7 Å². The van der Waals surface area contributed by atoms with Crippen LogP contribution in [0.15, 0.2) is 41.7 Å². The van der Waals surface area contributed by atoms with E-state index >= 15 is 0 Å². The zero-order valence-electron chi connectivity index (χ0n) is 16.3. The number of aromatic nitrogens is 2. The van der Waals surface area contributed by atoms with Gasteiger partial charge in [-0.25, -0.2) is 13.4 Å². The highest BCUT2D eigenvalue weighted by Crippen LogP contribution is 2.36. The van der Waals surface area contributed by atoms with Crippen LogP contribution in [0.25, 0.3) is 10.1 Å². The van der Waals surface area contributed by atoms with Gasteiger partial charge in [0.15, 0.2) is 17.5 Å². The van der Waals surface area contributed by atoms with Gasteiger partial charge in [0.25, 0.3) is 10.0 Å². The predicted molar refractivity (Wildman–Crippen MR) is 118 cm³/mol. The quantitative estimate of drug-likeness (QED) is 0.532. The van der Waals surface area contributed by atoms with Crippen LogP contribution in [0.3, 0.4) is 0 Å². The van der Waals surface area contributed by atoms with Crippen LogP contribution in [0.5, 0.6) is 0 Å². The second-order valence-electron chi connectivity index (χ2n) is 7.51. The van der Waals surface area contributed by atoms with E-state index in [1.165, 1.54) is 22.0 Å². The van der Waals surface area contributed by atoms with E-state index in [2.05, 4.69) is 9.36 Å². The first-order valence-electron chi connectivity index (χ1n) is 9.82. The lowest BCUT2D eigenvalue weighted by molar-refractivity contribution is -0.120. The third-order valence-corrected chi connectivity index (χ3v) is 8.62. The molecule has 0 bridgehead atoms. The Morgan fingerprint density at radius 3 is 2.81 bits per heavy atom. The van der Waals surface area contributed by atoms with Crippen LogP contribution in [0.1, 0.15) is 18.4 Å². The summed E-state index contributed by atoms with van der Waals surface area (Å²) in [4.78, 5) is 17.8. The molecule has 31 heavy (non-hydrogen) atoms. The zero-order valence-corrected chi connectivity index (χ0v) is 18.7. The maximum Gasteiger partial charge on any atom is 0.261 e. The van der Waals surface area contributed by atoms with Crippen LogP contribution in [0.4, 0.5) is 5.69 Å². The summed E-state index contributed by atoms with van der Waals surface area (Å²) in [5.41, 5.74) is 1.83. The molecule has 3 aromatic rings. The van der Waals surface area contributed by atoms with Crippen molar-refractivity contribution in [3.8, 4) is 0 Å². The number of hydrogen-bond acceptors (Lipinski definition) is 8. The number of benzene rings is 1. The lowest BCUT2D eigenvalue weighted by atomic mass is 10.0. The summed E-state index contributed by atoms with van der Waals surface area (Å²) in [5, 5.41) is 1.20. The Balaban J connectivity index is 1.39. The fraction of sp³-hybridized carbons (Fsp3) is 0.350. The third kappa shape index (κ3) is 3.62. The van der Waals surface area contributed by atoms with Crippen LogP contribution in [-0.2, 0) is 26.2 Å². The number of anilines is 1. The van der Waals surface area contributed by atoms with Crippen LogP contribution in [0.2, 0.25) is 5.02 Å². The molecule has 1 aromatic carbocycles. The molecule has 1 unspecified atom stereocenters. The molecule has 0 radical (unpaired) electrons. The number of hydrogen-bond donors (Lipinski definition) is 0. The molecule has 1 fully saturated rings. The molecule has 0 saturated carbocycles. The van der Waals surface area contributed by atoms with Gasteiger partial charge < -0.3 is 9.64 Å². The molecular weight excluding hydrogens is 460 g/mol. The molecule has 2 aliphatic rings. The molecule has 5 rings (SSSR count). The number of fused-ring (bicyclic) bond motifs is 2. The molecule has 8 nitrogen and oxygen atoms in total. The van der Waals surface area contributed by atoms with Crippen molar-refractivity contribution in [1.82, 2.24) is 13.7 Å². The van der Waals surface area contributed by atoms with Gasteiger partial charge in [-0.15, -0.1) is 0 Å². The van der Waals surface area contributed by atoms with Crippen molar-refractivity contribution in [2.24, 2.45) is 0 Å². The summed E-state index contributed by atoms with van der Waals surface area (Å²) in [7, 11) is -3.75. The Labute approximate surface area is 188 Å². The van der Waals surface area contributed by atoms with Gasteiger partial charge in [0, 0.05) is 41.6 Å². The average molecular weight is 479 g/mol. The highest BCUT2D eigenvalue weighted by Gasteiger charge is 2.38. The molecule has 2 aromatic heterocycles. The van der Waals surface area contributed by atoms with Crippen LogP contribution < -0.4 is 4.90 Å². The summed E-state index contributed by atoms with van der Waals surface area (Å²) >= 11 is 7.36. The minimum Gasteiger partial charge on any atom is -0.346 e. The number of carbonyl (C=O) groups excluding carboxylic acids is 1. The standard InChI is InChI=1S/C20H19ClN4O4S2/c21-14-1-2-17-13(9-14)12-29-19(11-26)25(17)15-4-7-24(8-5-15)31(27,28)20-16-10-23-30-18(16)3-6-22-20/h1-3,6,9-11,15,19H,4-5,7-8,12H2. The van der Waals surface area contributed by atoms with E-state index in [1.807, 2.05) is 17.0 Å². The van der Waals surface area contributed by atoms with Crippen LogP contribution in [0, 0.1) is 0 Å². The Bertz CT molecular complexity index is 1240. The number of ether oxygens (including phenoxy) is 1. The maximum absolute atomic E-state index is 13.3. The fourth-order valence-corrected chi connectivity index (χ4v) is 6.75. The maximum atomic E-state index is 13.3. The predicted octanol–water partition coefficient (Wildman–Crippen LogP) is 3.06. The number of pyridine rings is 1. The van der Waals surface area contributed by atoms with E-state index < -0.39 is 16.3 Å². The van der Waals surface area contributed by atoms with Gasteiger partial charge >= 0.3 is 0 Å². The van der Waals surface area contributed by atoms with Crippen molar-refractivity contribution in [3.05, 3.63) is 47.2 Å². The minimum absolute atomic E-state index is 0.0339. The molecule has 0 aliphatic carbocycles. The summed E-state index contributed by atoms with van der Waals surface area (Å²) < 4.78 is 38.6. The van der Waals surface area contributed by atoms with E-state index in [1.54, 1.807) is 18.3 Å². The molecule has 0 spiro atoms. The molecule has 1 atom stereocenters. The lowest BCUT2D eigenvalue weighted by Gasteiger charge is -2.44. The smallest absolute Gasteiger partial charge is 0.261 e. The van der Waals surface area contributed by atoms with Gasteiger partial charge in [-0.3, -0.25) is 4.79 Å². The van der Waals surface area contributed by atoms with Crippen molar-refractivity contribution in [1.29, 1.82) is 0 Å². The molecule has 0 amide bonds. The van der Waals surface area contributed by atoms with Gasteiger partial charge in [0.1, 0.15) is 0 Å². The summed E-state index contributed by atoms with van der Waals surface area (Å²) in [5.74, 6) is 0. The first-order chi connectivity index (χ1) is 15.0. The Hall–Kier alpha value is -2.11. The van der Waals surface area contributed by atoms with Crippen molar-refractivity contribution >= 4 is 55.2 Å². The van der Waals surface area contributed by atoms with Crippen molar-refractivity contribution < 1.29 is 17.9 Å². The molecule has 2 aliphatic heterocycles. The number of aldehydes is 1. The molecule has 11 heteroatoms. The SMILES string of the molecule is O=CC1OCc2cc(Cl)ccc2N1C1CCN(S(=O)(=O)c2nccc3sncc23)CC1. The monoisotopic (exact) mass is 478 g/mol. The van der Waals surface area contributed by atoms with E-state index in [9.17, 15) is 13.2 Å². The summed E-state index contributed by atoms with van der Waals surface area (Å²) in [6.45, 7) is 0.967. The van der Waals surface area contributed by atoms with Gasteiger partial charge in [-0.05, 0) is 48.6 Å². The van der Waals surface area contributed by atoms with Gasteiger partial charge in [0.05, 0.1) is 22.9 Å². The lowest BCUT2D eigenvalue weighted by Crippen LogP contribution is -2.53. The summed E-state index contributed by atoms with van der Waals surface area (Å²) in [6.07, 6.45) is 4.26. The number of sulfonamides is 1. The number of carbonyl (C=O) groups is 1. The van der Waals surface area contributed by atoms with E-state index in [0.717, 1.165) is 22.2 Å². The first kappa shape index (κ1) is 20.8. The summed E-state index contributed by atoms with van der Waals surface area (Å²) in [6, 6.07) is 7.26. The number of rotatable bonds is 4. The second kappa shape index (κ2) is 8.10. The zero-order chi connectivity index (χ0) is 21.6. The van der Waals surface area contributed by atoms with Crippen LogP contribution >= 0.6 is 23.1 Å². The van der Waals surface area contributed by atoms with E-state index in [-0.39, 0.29) is 11.1 Å². The fourth-order valence-electron chi connectivity index (χ4n) is 4.28. The first-order valence-corrected chi connectivity index (χ1v) is 12.4. The number of piperidine rings is 1. The molecule has 4 heterocycles. The Morgan fingerprint density at radius 2 is 2.03 bits per heavy atom. The van der Waals surface area contributed by atoms with Crippen molar-refractivity contribution in [2.75, 3.05) is 18.0 Å². The number of nitrogens with zero attached hydrogens (tertiary/aromatic N) is 4. The third-order valence-electron chi connectivity index (χ3n) is 5.77. The largest absolute Gasteiger partial charge is 0.346 e. The van der Waals surface area contributed by atoms with Gasteiger partial charge in [-0.2, -0.15) is 8.68 Å². The van der Waals surface area contributed by atoms with Crippen LogP contribution in [-0.4, -0.2) is 53.7 Å². The normalized spacial score (nSPS) is 20.7. The van der Waals surface area contributed by atoms with Gasteiger partial charge in [-0.1, -0.05) is 11.6 Å². The average Bonchev–Trinajstić information content (AvgIpc) is 3.27. The second-order valence-corrected chi connectivity index (χ2v) is 10.6. The molecular formula is C20H19ClN4O4S2. The molecule has 162 valence electrons. The van der Waals surface area contributed by atoms with E-state index in [4.69, 9.17) is 16.3 Å². The number of halogens is 1. The van der Waals surface area contributed by atoms with Crippen molar-refractivity contribution in [3.63, 3.8) is 0 Å². The molecule has 1 saturated heterocycles. The Kier molecular flexibility index (Phi) is 5.43. The minimum atomic E-state index is -3.75. The Morgan fingerprint density at radius 1 is 1.23 bits per heavy atom. The highest BCUT2D eigenvalue weighted by atomic mass is 35.5. The molecule has 0 N–H and O–H groups in total. The highest BCUT2D eigenvalue weighted by molar-refractivity contribution is 7.89. The van der Waals surface area contributed by atoms with Crippen molar-refractivity contribution in [2.45, 2.75) is 36.7 Å². The van der Waals surface area contributed by atoms with Gasteiger partial charge in [0.2, 0.25) is 0 Å².